The molecule has 3 rings (SSSR count). The average Bonchev–Trinajstić information content (AvgIpc) is 3.07. The lowest BCUT2D eigenvalue weighted by molar-refractivity contribution is 0.220. The second-order valence-electron chi connectivity index (χ2n) is 4.28. The highest BCUT2D eigenvalue weighted by Gasteiger charge is 2.20. The molecule has 3 nitrogen and oxygen atoms in total. The summed E-state index contributed by atoms with van der Waals surface area (Å²) in [7, 11) is 0. The van der Waals surface area contributed by atoms with Gasteiger partial charge in [-0.2, -0.15) is 16.4 Å². The first kappa shape index (κ1) is 13.5. The topological polar surface area (TPSA) is 48.9 Å². The summed E-state index contributed by atoms with van der Waals surface area (Å²) in [6.07, 6.45) is 0.808. The Hall–Kier alpha value is -1.50. The van der Waals surface area contributed by atoms with Crippen LogP contribution in [0.15, 0.2) is 45.7 Å². The summed E-state index contributed by atoms with van der Waals surface area (Å²) >= 11 is 4.92. The molecule has 2 N–H and O–H groups in total. The standard InChI is InChI=1S/C14H10BrFN2OS/c15-12-7-20-6-11(12)14(19)10-5-17-18-13(10)8-1-3-9(16)4-2-8/h1-7,14,19H,(H,17,18). The van der Waals surface area contributed by atoms with Gasteiger partial charge in [-0.3, -0.25) is 5.10 Å². The highest BCUT2D eigenvalue weighted by molar-refractivity contribution is 9.10. The third-order valence-corrected chi connectivity index (χ3v) is 4.78. The molecule has 0 aliphatic heterocycles. The first-order chi connectivity index (χ1) is 9.66. The number of halogens is 2. The Bertz CT molecular complexity index is 723. The second-order valence-corrected chi connectivity index (χ2v) is 5.88. The van der Waals surface area contributed by atoms with Crippen LogP contribution in [0.25, 0.3) is 11.3 Å². The van der Waals surface area contributed by atoms with Crippen molar-refractivity contribution in [2.75, 3.05) is 0 Å². The molecule has 1 aromatic carbocycles. The van der Waals surface area contributed by atoms with E-state index in [-0.39, 0.29) is 5.82 Å². The molecule has 0 saturated carbocycles. The van der Waals surface area contributed by atoms with E-state index in [1.54, 1.807) is 18.3 Å². The molecule has 2 heterocycles. The van der Waals surface area contributed by atoms with Crippen LogP contribution in [0.3, 0.4) is 0 Å². The average molecular weight is 353 g/mol. The molecule has 102 valence electrons. The molecule has 6 heteroatoms. The lowest BCUT2D eigenvalue weighted by atomic mass is 10.0. The van der Waals surface area contributed by atoms with E-state index >= 15 is 0 Å². The van der Waals surface area contributed by atoms with E-state index in [4.69, 9.17) is 0 Å². The lowest BCUT2D eigenvalue weighted by Gasteiger charge is -2.10. The minimum Gasteiger partial charge on any atom is -0.383 e. The number of aromatic amines is 1. The summed E-state index contributed by atoms with van der Waals surface area (Å²) in [5, 5.41) is 21.1. The monoisotopic (exact) mass is 352 g/mol. The maximum absolute atomic E-state index is 13.0. The minimum atomic E-state index is -0.783. The summed E-state index contributed by atoms with van der Waals surface area (Å²) in [5.41, 5.74) is 2.93. The molecule has 0 fully saturated rings. The van der Waals surface area contributed by atoms with Crippen molar-refractivity contribution in [3.8, 4) is 11.3 Å². The van der Waals surface area contributed by atoms with Crippen LogP contribution in [0, 0.1) is 5.82 Å². The van der Waals surface area contributed by atoms with Gasteiger partial charge < -0.3 is 5.11 Å². The Morgan fingerprint density at radius 3 is 2.60 bits per heavy atom. The Morgan fingerprint density at radius 1 is 1.20 bits per heavy atom. The van der Waals surface area contributed by atoms with Crippen molar-refractivity contribution in [2.24, 2.45) is 0 Å². The number of aliphatic hydroxyl groups is 1. The SMILES string of the molecule is OC(c1cscc1Br)c1cn[nH]c1-c1ccc(F)cc1. The quantitative estimate of drug-likeness (QED) is 0.744. The van der Waals surface area contributed by atoms with Gasteiger partial charge in [0.15, 0.2) is 0 Å². The molecule has 1 unspecified atom stereocenters. The Labute approximate surface area is 127 Å². The highest BCUT2D eigenvalue weighted by Crippen LogP contribution is 2.35. The molecule has 0 saturated heterocycles. The van der Waals surface area contributed by atoms with Crippen LogP contribution >= 0.6 is 27.3 Å². The number of nitrogens with zero attached hydrogens (tertiary/aromatic N) is 1. The number of hydrogen-bond acceptors (Lipinski definition) is 3. The second kappa shape index (κ2) is 5.47. The summed E-state index contributed by atoms with van der Waals surface area (Å²) in [6.45, 7) is 0. The smallest absolute Gasteiger partial charge is 0.123 e. The molecule has 0 aliphatic carbocycles. The summed E-state index contributed by atoms with van der Waals surface area (Å²) in [5.74, 6) is -0.295. The van der Waals surface area contributed by atoms with Crippen molar-refractivity contribution in [3.05, 3.63) is 62.6 Å². The van der Waals surface area contributed by atoms with Gasteiger partial charge in [-0.15, -0.1) is 0 Å². The molecule has 20 heavy (non-hydrogen) atoms. The molecule has 0 bridgehead atoms. The maximum Gasteiger partial charge on any atom is 0.123 e. The van der Waals surface area contributed by atoms with Gasteiger partial charge in [0, 0.05) is 26.5 Å². The minimum absolute atomic E-state index is 0.295. The van der Waals surface area contributed by atoms with Gasteiger partial charge in [-0.1, -0.05) is 0 Å². The van der Waals surface area contributed by atoms with E-state index < -0.39 is 6.10 Å². The molecule has 0 radical (unpaired) electrons. The lowest BCUT2D eigenvalue weighted by Crippen LogP contribution is -1.99. The van der Waals surface area contributed by atoms with Gasteiger partial charge in [0.25, 0.3) is 0 Å². The van der Waals surface area contributed by atoms with Crippen LogP contribution in [-0.4, -0.2) is 15.3 Å². The number of rotatable bonds is 3. The van der Waals surface area contributed by atoms with Crippen LogP contribution in [0.1, 0.15) is 17.2 Å². The number of H-pyrrole nitrogens is 1. The van der Waals surface area contributed by atoms with Crippen LogP contribution in [-0.2, 0) is 0 Å². The van der Waals surface area contributed by atoms with E-state index in [0.29, 0.717) is 11.3 Å². The Morgan fingerprint density at radius 2 is 1.95 bits per heavy atom. The van der Waals surface area contributed by atoms with Crippen LogP contribution < -0.4 is 0 Å². The molecule has 0 aliphatic rings. The van der Waals surface area contributed by atoms with Crippen LogP contribution in [0.5, 0.6) is 0 Å². The fourth-order valence-corrected chi connectivity index (χ4v) is 3.54. The van der Waals surface area contributed by atoms with Crippen molar-refractivity contribution < 1.29 is 9.50 Å². The van der Waals surface area contributed by atoms with E-state index in [0.717, 1.165) is 15.6 Å². The van der Waals surface area contributed by atoms with Gasteiger partial charge in [0.1, 0.15) is 11.9 Å². The maximum atomic E-state index is 13.0. The predicted octanol–water partition coefficient (Wildman–Crippen LogP) is 4.12. The highest BCUT2D eigenvalue weighted by atomic mass is 79.9. The van der Waals surface area contributed by atoms with Crippen molar-refractivity contribution >= 4 is 27.3 Å². The van der Waals surface area contributed by atoms with Crippen molar-refractivity contribution in [3.63, 3.8) is 0 Å². The third-order valence-electron chi connectivity index (χ3n) is 3.03. The number of aromatic nitrogens is 2. The van der Waals surface area contributed by atoms with Crippen LogP contribution in [0.2, 0.25) is 0 Å². The van der Waals surface area contributed by atoms with Gasteiger partial charge in [-0.25, -0.2) is 4.39 Å². The zero-order valence-electron chi connectivity index (χ0n) is 10.2. The number of benzene rings is 1. The first-order valence-corrected chi connectivity index (χ1v) is 7.59. The van der Waals surface area contributed by atoms with Crippen molar-refractivity contribution in [1.29, 1.82) is 0 Å². The van der Waals surface area contributed by atoms with Gasteiger partial charge >= 0.3 is 0 Å². The van der Waals surface area contributed by atoms with E-state index in [1.807, 2.05) is 10.8 Å². The molecular weight excluding hydrogens is 343 g/mol. The zero-order chi connectivity index (χ0) is 14.1. The van der Waals surface area contributed by atoms with Crippen molar-refractivity contribution in [2.45, 2.75) is 6.10 Å². The van der Waals surface area contributed by atoms with Gasteiger partial charge in [-0.05, 0) is 45.6 Å². The predicted molar refractivity (Wildman–Crippen MR) is 80.1 cm³/mol. The van der Waals surface area contributed by atoms with E-state index in [1.165, 1.54) is 23.5 Å². The zero-order valence-corrected chi connectivity index (χ0v) is 12.6. The number of aliphatic hydroxyl groups excluding tert-OH is 1. The van der Waals surface area contributed by atoms with Crippen LogP contribution in [0.4, 0.5) is 4.39 Å². The molecule has 0 amide bonds. The fraction of sp³-hybridized carbons (Fsp3) is 0.0714. The summed E-state index contributed by atoms with van der Waals surface area (Å²) in [4.78, 5) is 0. The molecule has 3 aromatic rings. The molecule has 0 spiro atoms. The normalized spacial score (nSPS) is 12.6. The molecular formula is C14H10BrFN2OS. The molecule has 2 aromatic heterocycles. The Balaban J connectivity index is 2.02. The fourth-order valence-electron chi connectivity index (χ4n) is 2.00. The van der Waals surface area contributed by atoms with E-state index in [2.05, 4.69) is 26.1 Å². The van der Waals surface area contributed by atoms with Crippen molar-refractivity contribution in [1.82, 2.24) is 10.2 Å². The number of nitrogens with one attached hydrogen (secondary N) is 1. The largest absolute Gasteiger partial charge is 0.383 e. The first-order valence-electron chi connectivity index (χ1n) is 5.85. The third kappa shape index (κ3) is 2.42. The number of thiophene rings is 1. The Kier molecular flexibility index (Phi) is 3.69. The van der Waals surface area contributed by atoms with E-state index in [9.17, 15) is 9.50 Å². The van der Waals surface area contributed by atoms with Gasteiger partial charge in [0.2, 0.25) is 0 Å². The number of hydrogen-bond donors (Lipinski definition) is 2. The van der Waals surface area contributed by atoms with Gasteiger partial charge in [0.05, 0.1) is 11.9 Å². The summed E-state index contributed by atoms with van der Waals surface area (Å²) < 4.78 is 13.8. The summed E-state index contributed by atoms with van der Waals surface area (Å²) in [6, 6.07) is 6.07. The molecule has 1 atom stereocenters.